The average Bonchev–Trinajstić information content (AvgIpc) is 3.29. The molecule has 9 heteroatoms. The lowest BCUT2D eigenvalue weighted by molar-refractivity contribution is -0.146. The molecule has 1 aliphatic heterocycles. The highest BCUT2D eigenvalue weighted by Crippen LogP contribution is 2.37. The van der Waals surface area contributed by atoms with Crippen molar-refractivity contribution in [3.63, 3.8) is 0 Å². The summed E-state index contributed by atoms with van der Waals surface area (Å²) in [6.45, 7) is 8.93. The number of fused-ring (bicyclic) bond motifs is 1. The third-order valence-corrected chi connectivity index (χ3v) is 8.70. The van der Waals surface area contributed by atoms with E-state index in [9.17, 15) is 9.59 Å². The summed E-state index contributed by atoms with van der Waals surface area (Å²) < 4.78 is 1.12. The third kappa shape index (κ3) is 5.08. The van der Waals surface area contributed by atoms with Crippen molar-refractivity contribution in [3.05, 3.63) is 46.6 Å². The summed E-state index contributed by atoms with van der Waals surface area (Å²) in [7, 11) is 4.11. The molecule has 1 fully saturated rings. The Labute approximate surface area is 216 Å². The number of nitrogen functional groups attached to an aromatic ring is 1. The number of amides is 2. The maximum atomic E-state index is 13.4. The van der Waals surface area contributed by atoms with Gasteiger partial charge < -0.3 is 16.0 Å². The van der Waals surface area contributed by atoms with Crippen LogP contribution in [0.4, 0.5) is 11.5 Å². The summed E-state index contributed by atoms with van der Waals surface area (Å²) in [6, 6.07) is 7.84. The van der Waals surface area contributed by atoms with Crippen LogP contribution in [-0.2, 0) is 21.5 Å². The lowest BCUT2D eigenvalue weighted by Crippen LogP contribution is -2.46. The van der Waals surface area contributed by atoms with Gasteiger partial charge in [0.25, 0.3) is 0 Å². The van der Waals surface area contributed by atoms with Gasteiger partial charge in [0, 0.05) is 6.54 Å². The first-order valence-corrected chi connectivity index (χ1v) is 13.3. The summed E-state index contributed by atoms with van der Waals surface area (Å²) in [5, 5.41) is 3.77. The Hall–Kier alpha value is -3.04. The van der Waals surface area contributed by atoms with Crippen molar-refractivity contribution in [2.75, 3.05) is 31.7 Å². The van der Waals surface area contributed by atoms with Gasteiger partial charge in [-0.05, 0) is 82.4 Å². The first-order chi connectivity index (χ1) is 17.0. The second kappa shape index (κ2) is 10.1. The number of nitrogens with two attached hydrogens (primary N) is 1. The van der Waals surface area contributed by atoms with E-state index in [1.807, 2.05) is 6.92 Å². The predicted molar refractivity (Wildman–Crippen MR) is 146 cm³/mol. The molecule has 2 atom stereocenters. The number of aryl methyl sites for hydroxylation is 1. The molecule has 1 aromatic carbocycles. The van der Waals surface area contributed by atoms with Gasteiger partial charge in [-0.2, -0.15) is 0 Å². The molecule has 3 N–H and O–H groups in total. The number of nitrogens with one attached hydrogen (secondary N) is 1. The minimum atomic E-state index is -0.660. The maximum absolute atomic E-state index is 13.4. The number of benzene rings is 1. The van der Waals surface area contributed by atoms with Crippen LogP contribution in [0.25, 0.3) is 10.2 Å². The van der Waals surface area contributed by atoms with Crippen molar-refractivity contribution in [1.29, 1.82) is 0 Å². The number of aromatic nitrogens is 2. The number of carbonyl (C=O) groups is 2. The molecular weight excluding hydrogens is 472 g/mol. The monoisotopic (exact) mass is 508 g/mol. The summed E-state index contributed by atoms with van der Waals surface area (Å²) in [6.07, 6.45) is 3.97. The van der Waals surface area contributed by atoms with Crippen LogP contribution >= 0.6 is 11.3 Å². The van der Waals surface area contributed by atoms with Gasteiger partial charge in [-0.1, -0.05) is 19.9 Å². The lowest BCUT2D eigenvalue weighted by atomic mass is 9.89. The first-order valence-electron chi connectivity index (χ1n) is 12.5. The van der Waals surface area contributed by atoms with Crippen molar-refractivity contribution in [2.45, 2.75) is 58.5 Å². The van der Waals surface area contributed by atoms with Crippen LogP contribution in [0.5, 0.6) is 0 Å². The fraction of sp³-hybridized carbons (Fsp3) is 0.481. The van der Waals surface area contributed by atoms with E-state index in [4.69, 9.17) is 10.7 Å². The van der Waals surface area contributed by atoms with Crippen molar-refractivity contribution in [2.24, 2.45) is 5.92 Å². The van der Waals surface area contributed by atoms with E-state index >= 15 is 0 Å². The van der Waals surface area contributed by atoms with Gasteiger partial charge in [-0.3, -0.25) is 14.5 Å². The minimum absolute atomic E-state index is 0.174. The predicted octanol–water partition coefficient (Wildman–Crippen LogP) is 4.57. The molecule has 8 nitrogen and oxygen atoms in total. The molecule has 2 aromatic heterocycles. The van der Waals surface area contributed by atoms with Gasteiger partial charge in [0.15, 0.2) is 0 Å². The summed E-state index contributed by atoms with van der Waals surface area (Å²) in [5.41, 5.74) is 8.94. The fourth-order valence-electron chi connectivity index (χ4n) is 4.52. The van der Waals surface area contributed by atoms with Crippen LogP contribution in [0.1, 0.15) is 62.7 Å². The van der Waals surface area contributed by atoms with E-state index in [-0.39, 0.29) is 11.6 Å². The van der Waals surface area contributed by atoms with E-state index in [0.717, 1.165) is 39.2 Å². The molecule has 0 bridgehead atoms. The Bertz CT molecular complexity index is 1280. The number of thiazole rings is 1. The molecular formula is C27H36N6O2S. The van der Waals surface area contributed by atoms with Crippen LogP contribution in [0.2, 0.25) is 0 Å². The van der Waals surface area contributed by atoms with Crippen LogP contribution in [0.15, 0.2) is 30.5 Å². The molecule has 192 valence electrons. The average molecular weight is 509 g/mol. The fourth-order valence-corrected chi connectivity index (χ4v) is 5.65. The highest BCUT2D eigenvalue weighted by molar-refractivity contribution is 7.18. The molecule has 0 radical (unpaired) electrons. The van der Waals surface area contributed by atoms with Gasteiger partial charge in [0.05, 0.1) is 33.7 Å². The van der Waals surface area contributed by atoms with E-state index in [2.05, 4.69) is 68.3 Å². The Morgan fingerprint density at radius 3 is 2.69 bits per heavy atom. The quantitative estimate of drug-likeness (QED) is 0.489. The molecule has 3 heterocycles. The van der Waals surface area contributed by atoms with E-state index in [1.165, 1.54) is 6.20 Å². The molecule has 3 aromatic rings. The highest BCUT2D eigenvalue weighted by atomic mass is 32.1. The minimum Gasteiger partial charge on any atom is -0.383 e. The van der Waals surface area contributed by atoms with Crippen LogP contribution < -0.4 is 11.1 Å². The van der Waals surface area contributed by atoms with Crippen molar-refractivity contribution in [1.82, 2.24) is 19.8 Å². The summed E-state index contributed by atoms with van der Waals surface area (Å²) >= 11 is 1.69. The zero-order valence-electron chi connectivity index (χ0n) is 22.0. The van der Waals surface area contributed by atoms with Crippen molar-refractivity contribution in [3.8, 4) is 0 Å². The van der Waals surface area contributed by atoms with E-state index in [1.54, 1.807) is 22.3 Å². The van der Waals surface area contributed by atoms with E-state index < -0.39 is 11.8 Å². The van der Waals surface area contributed by atoms with Gasteiger partial charge in [0.1, 0.15) is 10.8 Å². The van der Waals surface area contributed by atoms with Gasteiger partial charge in [-0.25, -0.2) is 9.97 Å². The number of rotatable bonds is 5. The number of hydrogen-bond acceptors (Lipinski definition) is 7. The molecule has 0 spiro atoms. The zero-order chi connectivity index (χ0) is 26.2. The van der Waals surface area contributed by atoms with Crippen LogP contribution in [-0.4, -0.2) is 52.2 Å². The highest BCUT2D eigenvalue weighted by Gasteiger charge is 2.35. The standard InChI is InChI=1S/C27H36N6O2S/c1-7-17-12-19(14-29-23(17)28)30-24(34)25(35)33-15-16(2)8-10-21(33)18-9-11-22-20(13-18)31-26(36-22)27(3,4)32(5)6/h9,11-14,16,21H,7-8,10,15H2,1-6H3,(H2,28,29)(H,30,34)/t16-,21+/m0/s1. The number of nitrogens with zero attached hydrogens (tertiary/aromatic N) is 4. The molecule has 36 heavy (non-hydrogen) atoms. The molecule has 4 rings (SSSR count). The SMILES string of the molecule is CCc1cc(NC(=O)C(=O)N2C[C@@H](C)CC[C@@H]2c2ccc3sc(C(C)(C)N(C)C)nc3c2)cnc1N. The topological polar surface area (TPSA) is 104 Å². The number of carbonyl (C=O) groups excluding carboxylic acids is 2. The maximum Gasteiger partial charge on any atom is 0.313 e. The molecule has 2 amide bonds. The number of hydrogen-bond donors (Lipinski definition) is 2. The van der Waals surface area contributed by atoms with Gasteiger partial charge in [0.2, 0.25) is 0 Å². The van der Waals surface area contributed by atoms with Crippen LogP contribution in [0, 0.1) is 5.92 Å². The number of pyridine rings is 1. The number of piperidine rings is 1. The molecule has 0 saturated carbocycles. The van der Waals surface area contributed by atoms with E-state index in [0.29, 0.717) is 30.4 Å². The smallest absolute Gasteiger partial charge is 0.313 e. The zero-order valence-corrected chi connectivity index (χ0v) is 22.8. The normalized spacial score (nSPS) is 18.6. The van der Waals surface area contributed by atoms with Crippen molar-refractivity contribution < 1.29 is 9.59 Å². The van der Waals surface area contributed by atoms with Gasteiger partial charge in [-0.15, -0.1) is 11.3 Å². The largest absolute Gasteiger partial charge is 0.383 e. The third-order valence-electron chi connectivity index (χ3n) is 7.35. The number of anilines is 2. The summed E-state index contributed by atoms with van der Waals surface area (Å²) in [4.78, 5) is 39.3. The summed E-state index contributed by atoms with van der Waals surface area (Å²) in [5.74, 6) is -0.443. The second-order valence-electron chi connectivity index (χ2n) is 10.4. The Balaban J connectivity index is 1.59. The van der Waals surface area contributed by atoms with Crippen LogP contribution in [0.3, 0.4) is 0 Å². The molecule has 0 unspecified atom stereocenters. The Kier molecular flexibility index (Phi) is 7.33. The first kappa shape index (κ1) is 26.0. The van der Waals surface area contributed by atoms with Gasteiger partial charge >= 0.3 is 11.8 Å². The van der Waals surface area contributed by atoms with Crippen molar-refractivity contribution >= 4 is 44.9 Å². The number of likely N-dealkylation sites (tertiary alicyclic amines) is 1. The Morgan fingerprint density at radius 1 is 1.25 bits per heavy atom. The molecule has 0 aliphatic carbocycles. The second-order valence-corrected chi connectivity index (χ2v) is 11.5. The lowest BCUT2D eigenvalue weighted by Gasteiger charge is -2.38. The molecule has 1 saturated heterocycles. The Morgan fingerprint density at radius 2 is 2.00 bits per heavy atom. The molecule has 1 aliphatic rings.